The highest BCUT2D eigenvalue weighted by Gasteiger charge is 2.34. The maximum Gasteiger partial charge on any atom is 0.255 e. The lowest BCUT2D eigenvalue weighted by atomic mass is 9.94. The van der Waals surface area contributed by atoms with Crippen molar-refractivity contribution in [1.29, 1.82) is 0 Å². The van der Waals surface area contributed by atoms with Crippen molar-refractivity contribution in [3.63, 3.8) is 0 Å². The second-order valence-electron chi connectivity index (χ2n) is 8.98. The molecule has 1 fully saturated rings. The van der Waals surface area contributed by atoms with E-state index < -0.39 is 6.61 Å². The molecule has 6 heteroatoms. The van der Waals surface area contributed by atoms with Gasteiger partial charge in [-0.1, -0.05) is 48.5 Å². The van der Waals surface area contributed by atoms with Crippen molar-refractivity contribution >= 4 is 17.3 Å². The Morgan fingerprint density at radius 3 is 2.36 bits per heavy atom. The second-order valence-corrected chi connectivity index (χ2v) is 8.98. The molecule has 2 aromatic rings. The van der Waals surface area contributed by atoms with Gasteiger partial charge >= 0.3 is 0 Å². The molecule has 0 bridgehead atoms. The summed E-state index contributed by atoms with van der Waals surface area (Å²) in [4.78, 5) is 29.7. The van der Waals surface area contributed by atoms with Gasteiger partial charge in [-0.05, 0) is 43.0 Å². The number of Topliss-reactive ketones (excluding diaryl/α,β-unsaturated/α-hetero) is 1. The highest BCUT2D eigenvalue weighted by molar-refractivity contribution is 5.99. The van der Waals surface area contributed by atoms with Gasteiger partial charge in [0.15, 0.2) is 5.78 Å². The third-order valence-corrected chi connectivity index (χ3v) is 6.52. The number of nitrogens with zero attached hydrogens (tertiary/aromatic N) is 2. The lowest BCUT2D eigenvalue weighted by molar-refractivity contribution is 0.0268. The summed E-state index contributed by atoms with van der Waals surface area (Å²) in [6, 6.07) is 15.5. The molecular weight excluding hydrogens is 416 g/mol. The van der Waals surface area contributed by atoms with Crippen molar-refractivity contribution in [2.75, 3.05) is 32.9 Å². The van der Waals surface area contributed by atoms with Crippen LogP contribution in [0.25, 0.3) is 5.57 Å². The smallest absolute Gasteiger partial charge is 0.255 e. The Morgan fingerprint density at radius 1 is 1.03 bits per heavy atom. The van der Waals surface area contributed by atoms with Crippen LogP contribution in [0, 0.1) is 0 Å². The van der Waals surface area contributed by atoms with E-state index in [1.54, 1.807) is 12.1 Å². The Balaban J connectivity index is 1.46. The minimum Gasteiger partial charge on any atom is -0.388 e. The van der Waals surface area contributed by atoms with Crippen LogP contribution in [0.1, 0.15) is 52.1 Å². The van der Waals surface area contributed by atoms with Crippen LogP contribution in [-0.4, -0.2) is 71.6 Å². The number of amides is 1. The normalized spacial score (nSPS) is 21.5. The van der Waals surface area contributed by atoms with E-state index in [4.69, 9.17) is 9.84 Å². The molecular formula is C27H32N2O4. The van der Waals surface area contributed by atoms with Gasteiger partial charge in [-0.25, -0.2) is 0 Å². The van der Waals surface area contributed by atoms with Crippen molar-refractivity contribution in [3.8, 4) is 0 Å². The van der Waals surface area contributed by atoms with Crippen LogP contribution in [0.4, 0.5) is 0 Å². The van der Waals surface area contributed by atoms with Crippen LogP contribution in [0.15, 0.2) is 54.6 Å². The number of aliphatic hydroxyl groups excluding tert-OH is 1. The number of ether oxygens (including phenoxy) is 1. The quantitative estimate of drug-likeness (QED) is 0.686. The van der Waals surface area contributed by atoms with E-state index in [-0.39, 0.29) is 23.8 Å². The Labute approximate surface area is 195 Å². The predicted molar refractivity (Wildman–Crippen MR) is 128 cm³/mol. The summed E-state index contributed by atoms with van der Waals surface area (Å²) in [6.45, 7) is 7.36. The van der Waals surface area contributed by atoms with Gasteiger partial charge in [-0.15, -0.1) is 0 Å². The Hall–Kier alpha value is -2.80. The zero-order valence-corrected chi connectivity index (χ0v) is 19.4. The lowest BCUT2D eigenvalue weighted by Crippen LogP contribution is -2.58. The fourth-order valence-corrected chi connectivity index (χ4v) is 4.97. The third kappa shape index (κ3) is 5.24. The topological polar surface area (TPSA) is 70.1 Å². The molecule has 0 spiro atoms. The average Bonchev–Trinajstić information content (AvgIpc) is 2.84. The zero-order chi connectivity index (χ0) is 23.4. The van der Waals surface area contributed by atoms with Crippen LogP contribution >= 0.6 is 0 Å². The molecule has 33 heavy (non-hydrogen) atoms. The number of hydrogen-bond acceptors (Lipinski definition) is 5. The van der Waals surface area contributed by atoms with E-state index in [9.17, 15) is 9.59 Å². The summed E-state index contributed by atoms with van der Waals surface area (Å²) < 4.78 is 5.45. The summed E-state index contributed by atoms with van der Waals surface area (Å²) in [5.41, 5.74) is 4.61. The molecule has 2 aromatic carbocycles. The predicted octanol–water partition coefficient (Wildman–Crippen LogP) is 3.40. The molecule has 6 nitrogen and oxygen atoms in total. The molecule has 1 saturated heterocycles. The number of benzene rings is 2. The summed E-state index contributed by atoms with van der Waals surface area (Å²) in [5, 5.41) is 9.02. The number of hydrogen-bond donors (Lipinski definition) is 1. The van der Waals surface area contributed by atoms with Crippen LogP contribution < -0.4 is 0 Å². The number of rotatable bonds is 6. The van der Waals surface area contributed by atoms with E-state index in [0.717, 1.165) is 42.7 Å². The monoisotopic (exact) mass is 448 g/mol. The van der Waals surface area contributed by atoms with Crippen molar-refractivity contribution in [3.05, 3.63) is 76.9 Å². The molecule has 0 radical (unpaired) electrons. The summed E-state index contributed by atoms with van der Waals surface area (Å²) >= 11 is 0. The molecule has 0 saturated carbocycles. The van der Waals surface area contributed by atoms with Gasteiger partial charge in [0.25, 0.3) is 5.91 Å². The fraction of sp³-hybridized carbons (Fsp3) is 0.407. The summed E-state index contributed by atoms with van der Waals surface area (Å²) in [5.74, 6) is -0.183. The fourth-order valence-electron chi connectivity index (χ4n) is 4.97. The molecule has 4 rings (SSSR count). The largest absolute Gasteiger partial charge is 0.388 e. The minimum atomic E-state index is -0.474. The van der Waals surface area contributed by atoms with E-state index in [0.29, 0.717) is 18.8 Å². The van der Waals surface area contributed by atoms with Crippen LogP contribution in [0.3, 0.4) is 0 Å². The number of ketones is 1. The lowest BCUT2D eigenvalue weighted by Gasteiger charge is -2.44. The van der Waals surface area contributed by atoms with Crippen molar-refractivity contribution < 1.29 is 19.4 Å². The van der Waals surface area contributed by atoms with Crippen molar-refractivity contribution in [2.24, 2.45) is 0 Å². The molecule has 0 aliphatic carbocycles. The molecule has 2 atom stereocenters. The highest BCUT2D eigenvalue weighted by Crippen LogP contribution is 2.28. The SMILES string of the molecule is C[C@@H]1CN(Cc2ccc(C(=O)CO)cc2)C[C@H](C)N1C(=O)c1ccccc1C1=CCOCC1. The van der Waals surface area contributed by atoms with Crippen LogP contribution in [0.2, 0.25) is 0 Å². The highest BCUT2D eigenvalue weighted by atomic mass is 16.5. The first-order valence-corrected chi connectivity index (χ1v) is 11.6. The standard InChI is InChI=1S/C27H32N2O4/c1-19-15-28(17-21-7-9-23(10-8-21)26(31)18-30)16-20(2)29(19)27(32)25-6-4-3-5-24(25)22-11-13-33-14-12-22/h3-11,19-20,30H,12-18H2,1-2H3/t19-,20+. The summed E-state index contributed by atoms with van der Waals surface area (Å²) in [6.07, 6.45) is 2.91. The first-order chi connectivity index (χ1) is 16.0. The zero-order valence-electron chi connectivity index (χ0n) is 19.4. The van der Waals surface area contributed by atoms with Crippen LogP contribution in [-0.2, 0) is 11.3 Å². The van der Waals surface area contributed by atoms with E-state index in [1.165, 1.54) is 5.57 Å². The molecule has 1 amide bonds. The van der Waals surface area contributed by atoms with Gasteiger partial charge < -0.3 is 14.7 Å². The maximum atomic E-state index is 13.7. The maximum absolute atomic E-state index is 13.7. The molecule has 2 aliphatic rings. The molecule has 174 valence electrons. The number of carbonyl (C=O) groups excluding carboxylic acids is 2. The van der Waals surface area contributed by atoms with E-state index >= 15 is 0 Å². The third-order valence-electron chi connectivity index (χ3n) is 6.52. The Kier molecular flexibility index (Phi) is 7.38. The number of aliphatic hydroxyl groups is 1. The van der Waals surface area contributed by atoms with Gasteiger partial charge in [0.05, 0.1) is 13.2 Å². The second kappa shape index (κ2) is 10.4. The Bertz CT molecular complexity index is 1020. The molecule has 2 heterocycles. The van der Waals surface area contributed by atoms with Gasteiger partial charge in [0.2, 0.25) is 0 Å². The van der Waals surface area contributed by atoms with Crippen molar-refractivity contribution in [2.45, 2.75) is 38.9 Å². The van der Waals surface area contributed by atoms with Crippen LogP contribution in [0.5, 0.6) is 0 Å². The molecule has 1 N–H and O–H groups in total. The van der Waals surface area contributed by atoms with Gasteiger partial charge in [-0.3, -0.25) is 14.5 Å². The summed E-state index contributed by atoms with van der Waals surface area (Å²) in [7, 11) is 0. The van der Waals surface area contributed by atoms with Gasteiger partial charge in [0, 0.05) is 42.8 Å². The van der Waals surface area contributed by atoms with E-state index in [1.807, 2.05) is 41.3 Å². The molecule has 2 aliphatic heterocycles. The minimum absolute atomic E-state index is 0.0771. The van der Waals surface area contributed by atoms with Gasteiger partial charge in [0.1, 0.15) is 6.61 Å². The average molecular weight is 449 g/mol. The molecule has 0 aromatic heterocycles. The Morgan fingerprint density at radius 2 is 1.73 bits per heavy atom. The van der Waals surface area contributed by atoms with Gasteiger partial charge in [-0.2, -0.15) is 0 Å². The van der Waals surface area contributed by atoms with Crippen molar-refractivity contribution in [1.82, 2.24) is 9.80 Å². The number of carbonyl (C=O) groups is 2. The number of piperazine rings is 1. The first-order valence-electron chi connectivity index (χ1n) is 11.6. The first kappa shape index (κ1) is 23.4. The van der Waals surface area contributed by atoms with E-state index in [2.05, 4.69) is 24.8 Å². The molecule has 0 unspecified atom stereocenters.